The van der Waals surface area contributed by atoms with Crippen molar-refractivity contribution in [2.75, 3.05) is 134 Å². The largest absolute Gasteiger partial charge is 0.396 e. The van der Waals surface area contributed by atoms with Gasteiger partial charge in [0, 0.05) is 73.5 Å². The summed E-state index contributed by atoms with van der Waals surface area (Å²) in [5, 5.41) is 31.0. The molecule has 0 aliphatic carbocycles. The van der Waals surface area contributed by atoms with Crippen LogP contribution in [0.1, 0.15) is 72.6 Å². The molecule has 0 aliphatic heterocycles. The minimum Gasteiger partial charge on any atom is -0.396 e. The number of oxime groups is 4. The third-order valence-electron chi connectivity index (χ3n) is 6.62. The average Bonchev–Trinajstić information content (AvgIpc) is 3.25. The Bertz CT molecular complexity index is 1240. The van der Waals surface area contributed by atoms with E-state index in [1.54, 1.807) is 0 Å². The molecule has 0 aromatic rings. The summed E-state index contributed by atoms with van der Waals surface area (Å²) < 4.78 is 16.1. The smallest absolute Gasteiger partial charge is 0.260 e. The predicted octanol–water partition coefficient (Wildman–Crippen LogP) is 0.202. The molecule has 0 aromatic carbocycles. The molecule has 0 rings (SSSR count). The predicted molar refractivity (Wildman–Crippen MR) is 247 cm³/mol. The fourth-order valence-electron chi connectivity index (χ4n) is 3.51. The lowest BCUT2D eigenvalue weighted by atomic mass is 10.3. The van der Waals surface area contributed by atoms with Crippen LogP contribution in [0.25, 0.3) is 0 Å². The van der Waals surface area contributed by atoms with E-state index >= 15 is 0 Å². The molecule has 0 heterocycles. The first-order chi connectivity index (χ1) is 30.9. The van der Waals surface area contributed by atoms with E-state index in [0.717, 1.165) is 77.0 Å². The Morgan fingerprint density at radius 1 is 0.375 bits per heavy atom. The summed E-state index contributed by atoms with van der Waals surface area (Å²) in [6.45, 7) is 14.9. The van der Waals surface area contributed by atoms with Gasteiger partial charge in [-0.2, -0.15) is 0 Å². The molecule has 6 N–H and O–H groups in total. The first-order valence-corrected chi connectivity index (χ1v) is 21.4. The molecule has 0 fully saturated rings. The molecule has 0 atom stereocenters. The van der Waals surface area contributed by atoms with Crippen molar-refractivity contribution < 1.29 is 62.3 Å². The minimum absolute atomic E-state index is 0.0508. The van der Waals surface area contributed by atoms with Gasteiger partial charge in [0.15, 0.2) is 29.7 Å². The highest BCUT2D eigenvalue weighted by Crippen LogP contribution is 1.91. The second-order valence-corrected chi connectivity index (χ2v) is 13.0. The Kier molecular flexibility index (Phi) is 59.9. The van der Waals surface area contributed by atoms with Crippen LogP contribution >= 0.6 is 0 Å². The molecule has 23 heteroatoms. The lowest BCUT2D eigenvalue weighted by molar-refractivity contribution is -0.126. The van der Waals surface area contributed by atoms with Crippen LogP contribution in [-0.2, 0) is 62.3 Å². The molecule has 64 heavy (non-hydrogen) atoms. The molecule has 0 radical (unpaired) electrons. The second-order valence-electron chi connectivity index (χ2n) is 13.0. The van der Waals surface area contributed by atoms with E-state index in [9.17, 15) is 28.8 Å². The molecule has 0 spiro atoms. The van der Waals surface area contributed by atoms with Crippen molar-refractivity contribution in [2.45, 2.75) is 72.6 Å². The van der Waals surface area contributed by atoms with E-state index in [1.807, 2.05) is 28.2 Å². The number of hydrogen-bond acceptors (Lipinski definition) is 21. The first kappa shape index (κ1) is 65.8. The van der Waals surface area contributed by atoms with Crippen LogP contribution in [0.4, 0.5) is 0 Å². The van der Waals surface area contributed by atoms with Crippen LogP contribution < -0.4 is 31.9 Å². The van der Waals surface area contributed by atoms with Gasteiger partial charge in [-0.25, -0.2) is 0 Å². The van der Waals surface area contributed by atoms with Crippen LogP contribution in [0.2, 0.25) is 0 Å². The second kappa shape index (κ2) is 58.2. The van der Waals surface area contributed by atoms with E-state index in [-0.39, 0.29) is 41.6 Å². The van der Waals surface area contributed by atoms with E-state index < -0.39 is 0 Å². The van der Waals surface area contributed by atoms with Crippen LogP contribution in [0.15, 0.2) is 20.6 Å². The quantitative estimate of drug-likeness (QED) is 0.0272. The van der Waals surface area contributed by atoms with E-state index in [4.69, 9.17) is 23.9 Å². The SMILES string of the molecule is CNCCC(=O)NCCCCON=CC(C)=O.CNCCCCON=CC(C)=O.CNCCCOCCOCCOCCCNC(=O)CON=CC(C)=O.CNCCON=CC(C)=O. The van der Waals surface area contributed by atoms with Gasteiger partial charge in [0.05, 0.1) is 26.4 Å². The van der Waals surface area contributed by atoms with Gasteiger partial charge in [-0.05, 0) is 79.8 Å². The van der Waals surface area contributed by atoms with Crippen LogP contribution in [0.3, 0.4) is 0 Å². The summed E-state index contributed by atoms with van der Waals surface area (Å²) in [5.41, 5.74) is 0. The van der Waals surface area contributed by atoms with Gasteiger partial charge in [0.25, 0.3) is 5.91 Å². The maximum Gasteiger partial charge on any atom is 0.260 e. The number of amides is 2. The molecule has 0 aliphatic rings. The maximum atomic E-state index is 11.3. The fourth-order valence-corrected chi connectivity index (χ4v) is 3.51. The van der Waals surface area contributed by atoms with Crippen LogP contribution in [0.5, 0.6) is 0 Å². The Morgan fingerprint density at radius 3 is 1.19 bits per heavy atom. The Morgan fingerprint density at radius 2 is 0.734 bits per heavy atom. The summed E-state index contributed by atoms with van der Waals surface area (Å²) in [6.07, 6.45) is 10.3. The highest BCUT2D eigenvalue weighted by atomic mass is 16.6. The van der Waals surface area contributed by atoms with Crippen molar-refractivity contribution in [3.63, 3.8) is 0 Å². The van der Waals surface area contributed by atoms with Crippen molar-refractivity contribution in [3.05, 3.63) is 0 Å². The van der Waals surface area contributed by atoms with Gasteiger partial charge in [-0.1, -0.05) is 20.6 Å². The Balaban J connectivity index is -0.000000400. The van der Waals surface area contributed by atoms with E-state index in [0.29, 0.717) is 85.3 Å². The number of ether oxygens (including phenoxy) is 3. The normalized spacial score (nSPS) is 10.6. The molecular weight excluding hydrogens is 841 g/mol. The lowest BCUT2D eigenvalue weighted by Gasteiger charge is -2.07. The van der Waals surface area contributed by atoms with E-state index in [1.165, 1.54) is 33.9 Å². The van der Waals surface area contributed by atoms with Gasteiger partial charge < -0.3 is 65.5 Å². The number of carbonyl (C=O) groups is 6. The number of unbranched alkanes of at least 4 members (excludes halogenated alkanes) is 2. The van der Waals surface area contributed by atoms with Crippen LogP contribution in [-0.4, -0.2) is 193 Å². The van der Waals surface area contributed by atoms with Gasteiger partial charge >= 0.3 is 0 Å². The number of nitrogens with zero attached hydrogens (tertiary/aromatic N) is 4. The summed E-state index contributed by atoms with van der Waals surface area (Å²) in [5.74, 6) is -0.816. The third kappa shape index (κ3) is 74.7. The van der Waals surface area contributed by atoms with Crippen molar-refractivity contribution >= 4 is 59.8 Å². The van der Waals surface area contributed by atoms with Gasteiger partial charge in [0.1, 0.15) is 44.7 Å². The number of hydrogen-bond donors (Lipinski definition) is 6. The minimum atomic E-state index is -0.293. The first-order valence-electron chi connectivity index (χ1n) is 21.4. The summed E-state index contributed by atoms with van der Waals surface area (Å²) >= 11 is 0. The molecular formula is C41H80N10O13. The molecule has 0 aromatic heterocycles. The highest BCUT2D eigenvalue weighted by Gasteiger charge is 2.01. The lowest BCUT2D eigenvalue weighted by Crippen LogP contribution is -2.28. The van der Waals surface area contributed by atoms with Crippen molar-refractivity contribution in [1.29, 1.82) is 0 Å². The number of nitrogens with one attached hydrogen (secondary N) is 6. The summed E-state index contributed by atoms with van der Waals surface area (Å²) in [7, 11) is 7.46. The molecule has 0 saturated heterocycles. The van der Waals surface area contributed by atoms with Crippen LogP contribution in [0, 0.1) is 0 Å². The molecule has 0 bridgehead atoms. The molecule has 0 unspecified atom stereocenters. The number of ketones is 4. The Labute approximate surface area is 380 Å². The van der Waals surface area contributed by atoms with Gasteiger partial charge in [0.2, 0.25) is 5.91 Å². The summed E-state index contributed by atoms with van der Waals surface area (Å²) in [6, 6.07) is 0. The Hall–Kier alpha value is -4.78. The topological polar surface area (TPSA) is 289 Å². The number of rotatable bonds is 40. The molecule has 2 amide bonds. The van der Waals surface area contributed by atoms with Crippen molar-refractivity contribution in [3.8, 4) is 0 Å². The standard InChI is InChI=1S/C16H31N3O6.C11H21N3O3.C8H16N2O2.C6H12N2O2/c1-15(20)13-19-25-14-16(21)18-6-4-8-23-10-12-24-11-9-22-7-3-5-17-2;1-10(15)9-14-17-8-4-3-6-13-11(16)5-7-12-2;1-8(11)7-10-12-6-4-3-5-9-2;1-6(9)5-8-10-4-3-7-2/h13,17H,3-12,14H2,1-2H3,(H,18,21);9,12H,3-8H2,1-2H3,(H,13,16);7,9H,3-6H2,1-2H3;5,7H,3-4H2,1-2H3. The third-order valence-corrected chi connectivity index (χ3v) is 6.62. The number of likely N-dealkylation sites (N-methyl/N-ethyl adjacent to an activating group) is 1. The molecule has 0 saturated carbocycles. The van der Waals surface area contributed by atoms with Crippen molar-refractivity contribution in [1.82, 2.24) is 31.9 Å². The zero-order valence-corrected chi connectivity index (χ0v) is 39.7. The summed E-state index contributed by atoms with van der Waals surface area (Å²) in [4.78, 5) is 83.1. The number of carbonyl (C=O) groups excluding carboxylic acids is 6. The zero-order valence-electron chi connectivity index (χ0n) is 39.7. The average molecular weight is 921 g/mol. The van der Waals surface area contributed by atoms with Crippen molar-refractivity contribution in [2.24, 2.45) is 20.6 Å². The monoisotopic (exact) mass is 921 g/mol. The zero-order chi connectivity index (χ0) is 48.6. The van der Waals surface area contributed by atoms with Gasteiger partial charge in [-0.15, -0.1) is 0 Å². The number of Topliss-reactive ketones (excluding diaryl/α,β-unsaturated/α-hetero) is 4. The maximum absolute atomic E-state index is 11.3. The molecule has 372 valence electrons. The molecule has 23 nitrogen and oxygen atoms in total. The highest BCUT2D eigenvalue weighted by molar-refractivity contribution is 6.27. The van der Waals surface area contributed by atoms with Gasteiger partial charge in [-0.3, -0.25) is 28.8 Å². The fraction of sp³-hybridized carbons (Fsp3) is 0.756. The van der Waals surface area contributed by atoms with E-state index in [2.05, 4.69) is 62.2 Å².